The van der Waals surface area contributed by atoms with Crippen molar-refractivity contribution in [3.63, 3.8) is 0 Å². The van der Waals surface area contributed by atoms with Crippen molar-refractivity contribution in [2.24, 2.45) is 5.41 Å². The fourth-order valence-electron chi connectivity index (χ4n) is 3.85. The summed E-state index contributed by atoms with van der Waals surface area (Å²) in [4.78, 5) is 4.54. The van der Waals surface area contributed by atoms with E-state index in [4.69, 9.17) is 7.16 Å². The maximum absolute atomic E-state index is 8.62. The maximum Gasteiger partial charge on any atom is 0.135 e. The normalized spacial score (nSPS) is 13.4. The molecular formula is C28H25NO. The fourth-order valence-corrected chi connectivity index (χ4v) is 3.85. The lowest BCUT2D eigenvalue weighted by Gasteiger charge is -2.18. The predicted octanol–water partition coefficient (Wildman–Crippen LogP) is 7.90. The van der Waals surface area contributed by atoms with Crippen molar-refractivity contribution in [1.82, 2.24) is 4.98 Å². The van der Waals surface area contributed by atoms with E-state index in [1.807, 2.05) is 63.2 Å². The highest BCUT2D eigenvalue weighted by Gasteiger charge is 2.14. The molecule has 0 aliphatic heterocycles. The first-order valence-electron chi connectivity index (χ1n) is 11.2. The van der Waals surface area contributed by atoms with Crippen LogP contribution in [0, 0.1) is 5.41 Å². The predicted molar refractivity (Wildman–Crippen MR) is 126 cm³/mol. The molecule has 0 aliphatic carbocycles. The van der Waals surface area contributed by atoms with Crippen molar-refractivity contribution < 1.29 is 7.16 Å². The zero-order valence-electron chi connectivity index (χ0n) is 19.4. The van der Waals surface area contributed by atoms with Gasteiger partial charge in [0, 0.05) is 25.3 Å². The zero-order chi connectivity index (χ0) is 22.5. The van der Waals surface area contributed by atoms with Crippen LogP contribution in [0.4, 0.5) is 0 Å². The number of aromatic nitrogens is 1. The summed E-state index contributed by atoms with van der Waals surface area (Å²) in [5.41, 5.74) is 5.80. The fraction of sp³-hybridized carbons (Fsp3) is 0.179. The lowest BCUT2D eigenvalue weighted by Crippen LogP contribution is -2.09. The van der Waals surface area contributed by atoms with Crippen molar-refractivity contribution in [2.75, 3.05) is 0 Å². The zero-order valence-corrected chi connectivity index (χ0v) is 17.4. The topological polar surface area (TPSA) is 26.0 Å². The summed E-state index contributed by atoms with van der Waals surface area (Å²) < 4.78 is 23.3. The Hall–Kier alpha value is -3.39. The first-order chi connectivity index (χ1) is 15.2. The van der Waals surface area contributed by atoms with E-state index in [-0.39, 0.29) is 0 Å². The van der Waals surface area contributed by atoms with Crippen molar-refractivity contribution in [2.45, 2.75) is 27.1 Å². The third-order valence-corrected chi connectivity index (χ3v) is 5.15. The molecule has 0 saturated carbocycles. The molecule has 5 aromatic rings. The largest absolute Gasteiger partial charge is 0.456 e. The summed E-state index contributed by atoms with van der Waals surface area (Å²) in [7, 11) is 0. The van der Waals surface area contributed by atoms with Crippen LogP contribution in [0.15, 0.2) is 89.5 Å². The van der Waals surface area contributed by atoms with Crippen LogP contribution >= 0.6 is 0 Å². The molecule has 0 saturated heterocycles. The van der Waals surface area contributed by atoms with Gasteiger partial charge in [0.25, 0.3) is 0 Å². The van der Waals surface area contributed by atoms with Crippen LogP contribution in [0.1, 0.15) is 29.1 Å². The van der Waals surface area contributed by atoms with Gasteiger partial charge in [-0.15, -0.1) is 0 Å². The molecule has 5 rings (SSSR count). The van der Waals surface area contributed by atoms with E-state index in [0.29, 0.717) is 5.56 Å². The summed E-state index contributed by atoms with van der Waals surface area (Å²) >= 11 is 0. The molecule has 2 nitrogen and oxygen atoms in total. The van der Waals surface area contributed by atoms with Crippen LogP contribution in [0.2, 0.25) is 0 Å². The van der Waals surface area contributed by atoms with Gasteiger partial charge in [0.05, 0.1) is 5.69 Å². The number of rotatable bonds is 3. The highest BCUT2D eigenvalue weighted by atomic mass is 16.3. The molecule has 3 aromatic carbocycles. The number of pyridine rings is 1. The van der Waals surface area contributed by atoms with Crippen LogP contribution in [0.3, 0.4) is 0 Å². The third kappa shape index (κ3) is 3.61. The smallest absolute Gasteiger partial charge is 0.135 e. The average molecular weight is 394 g/mol. The van der Waals surface area contributed by atoms with Crippen LogP contribution in [-0.2, 0) is 6.37 Å². The van der Waals surface area contributed by atoms with Gasteiger partial charge in [-0.3, -0.25) is 4.98 Å². The first-order valence-corrected chi connectivity index (χ1v) is 10.2. The van der Waals surface area contributed by atoms with Gasteiger partial charge < -0.3 is 4.42 Å². The molecule has 2 heteroatoms. The van der Waals surface area contributed by atoms with Crippen LogP contribution in [0.5, 0.6) is 0 Å². The quantitative estimate of drug-likeness (QED) is 0.311. The second kappa shape index (κ2) is 7.14. The van der Waals surface area contributed by atoms with Gasteiger partial charge in [-0.2, -0.15) is 0 Å². The van der Waals surface area contributed by atoms with Crippen molar-refractivity contribution in [3.05, 3.63) is 90.6 Å². The second-order valence-corrected chi connectivity index (χ2v) is 8.69. The highest BCUT2D eigenvalue weighted by Crippen LogP contribution is 2.35. The van der Waals surface area contributed by atoms with E-state index < -0.39 is 11.8 Å². The molecule has 148 valence electrons. The molecule has 0 atom stereocenters. The summed E-state index contributed by atoms with van der Waals surface area (Å²) in [6.07, 6.45) is 0.223. The Morgan fingerprint density at radius 2 is 1.43 bits per heavy atom. The van der Waals surface area contributed by atoms with Gasteiger partial charge >= 0.3 is 0 Å². The molecule has 0 fully saturated rings. The van der Waals surface area contributed by atoms with E-state index in [0.717, 1.165) is 38.8 Å². The molecule has 0 amide bonds. The molecule has 0 radical (unpaired) electrons. The first kappa shape index (κ1) is 16.4. The van der Waals surface area contributed by atoms with E-state index in [9.17, 15) is 0 Å². The third-order valence-electron chi connectivity index (χ3n) is 5.15. The lowest BCUT2D eigenvalue weighted by atomic mass is 9.88. The summed E-state index contributed by atoms with van der Waals surface area (Å²) in [5.74, 6) is 0. The van der Waals surface area contributed by atoms with Gasteiger partial charge in [0.1, 0.15) is 11.2 Å². The van der Waals surface area contributed by atoms with Crippen LogP contribution in [0.25, 0.3) is 44.3 Å². The van der Waals surface area contributed by atoms with Crippen LogP contribution in [-0.4, -0.2) is 4.98 Å². The van der Waals surface area contributed by atoms with Gasteiger partial charge in [-0.1, -0.05) is 57.2 Å². The standard InChI is InChI=1S/C28H25NO/c1-28(2,3)18-19-13-14-29-25(15-19)22-10-12-27-24(17-22)23-16-21(9-11-26(23)30-27)20-7-5-4-6-8-20/h4-17H,18H2,1-3H3/i18D2. The Kier molecular flexibility index (Phi) is 3.91. The van der Waals surface area contributed by atoms with Crippen molar-refractivity contribution >= 4 is 21.9 Å². The highest BCUT2D eigenvalue weighted by molar-refractivity contribution is 6.07. The molecule has 0 unspecified atom stereocenters. The minimum Gasteiger partial charge on any atom is -0.456 e. The molecule has 0 N–H and O–H groups in total. The summed E-state index contributed by atoms with van der Waals surface area (Å²) in [6.45, 7) is 5.75. The molecule has 0 spiro atoms. The number of benzene rings is 3. The Bertz CT molecular complexity index is 1430. The van der Waals surface area contributed by atoms with Gasteiger partial charge in [-0.25, -0.2) is 0 Å². The molecular weight excluding hydrogens is 366 g/mol. The Balaban J connectivity index is 1.63. The van der Waals surface area contributed by atoms with E-state index in [1.165, 1.54) is 5.56 Å². The Morgan fingerprint density at radius 3 is 2.13 bits per heavy atom. The Morgan fingerprint density at radius 1 is 0.767 bits per heavy atom. The Labute approximate surface area is 180 Å². The molecule has 0 bridgehead atoms. The lowest BCUT2D eigenvalue weighted by molar-refractivity contribution is 0.411. The molecule has 30 heavy (non-hydrogen) atoms. The van der Waals surface area contributed by atoms with Crippen LogP contribution < -0.4 is 0 Å². The molecule has 0 aliphatic rings. The minimum absolute atomic E-state index is 0.524. The van der Waals surface area contributed by atoms with E-state index >= 15 is 0 Å². The van der Waals surface area contributed by atoms with E-state index in [2.05, 4.69) is 35.3 Å². The number of hydrogen-bond donors (Lipinski definition) is 0. The molecule has 2 heterocycles. The monoisotopic (exact) mass is 393 g/mol. The number of hydrogen-bond acceptors (Lipinski definition) is 2. The summed E-state index contributed by atoms with van der Waals surface area (Å²) in [6, 6.07) is 26.3. The SMILES string of the molecule is [2H]C([2H])(c1ccnc(-c2ccc3oc4ccc(-c5ccccc5)cc4c3c2)c1)C(C)(C)C. The molecule has 2 aromatic heterocycles. The number of furan rings is 1. The van der Waals surface area contributed by atoms with Crippen molar-refractivity contribution in [3.8, 4) is 22.4 Å². The maximum atomic E-state index is 8.62. The number of nitrogens with zero attached hydrogens (tertiary/aromatic N) is 1. The summed E-state index contributed by atoms with van der Waals surface area (Å²) in [5, 5.41) is 2.09. The van der Waals surface area contributed by atoms with Gasteiger partial charge in [0.15, 0.2) is 0 Å². The van der Waals surface area contributed by atoms with Gasteiger partial charge in [-0.05, 0) is 70.9 Å². The number of fused-ring (bicyclic) bond motifs is 3. The second-order valence-electron chi connectivity index (χ2n) is 8.69. The van der Waals surface area contributed by atoms with Crippen molar-refractivity contribution in [1.29, 1.82) is 0 Å². The minimum atomic E-state index is -1.47. The average Bonchev–Trinajstić information content (AvgIpc) is 3.16. The van der Waals surface area contributed by atoms with Gasteiger partial charge in [0.2, 0.25) is 0 Å². The van der Waals surface area contributed by atoms with E-state index in [1.54, 1.807) is 12.3 Å².